The summed E-state index contributed by atoms with van der Waals surface area (Å²) in [5.74, 6) is 0.264. The fourth-order valence-electron chi connectivity index (χ4n) is 2.14. The normalized spacial score (nSPS) is 21.4. The molecule has 8 heteroatoms. The number of carbonyl (C=O) groups is 1. The highest BCUT2D eigenvalue weighted by Crippen LogP contribution is 2.16. The van der Waals surface area contributed by atoms with Gasteiger partial charge in [0.2, 0.25) is 0 Å². The number of amides is 2. The standard InChI is InChI=1S/C12H19N3O3S2/c1-8-9(2)19-11(14-8)6-13-12(16)15-10-4-3-5-20(17,18)7-10/h10H,3-7H2,1-2H3,(H2,13,15,16)/t10-/m0/s1. The molecule has 2 amide bonds. The molecule has 112 valence electrons. The van der Waals surface area contributed by atoms with E-state index in [0.29, 0.717) is 19.4 Å². The van der Waals surface area contributed by atoms with Gasteiger partial charge in [0, 0.05) is 10.9 Å². The number of hydrogen-bond donors (Lipinski definition) is 2. The molecule has 0 saturated carbocycles. The van der Waals surface area contributed by atoms with Crippen molar-refractivity contribution >= 4 is 27.2 Å². The van der Waals surface area contributed by atoms with Crippen molar-refractivity contribution in [3.05, 3.63) is 15.6 Å². The Morgan fingerprint density at radius 2 is 2.20 bits per heavy atom. The van der Waals surface area contributed by atoms with Gasteiger partial charge in [0.15, 0.2) is 9.84 Å². The fourth-order valence-corrected chi connectivity index (χ4v) is 4.65. The van der Waals surface area contributed by atoms with E-state index in [1.807, 2.05) is 13.8 Å². The van der Waals surface area contributed by atoms with Crippen molar-refractivity contribution in [3.8, 4) is 0 Å². The third-order valence-corrected chi connectivity index (χ3v) is 6.17. The summed E-state index contributed by atoms with van der Waals surface area (Å²) in [7, 11) is -3.00. The van der Waals surface area contributed by atoms with Crippen LogP contribution in [0.1, 0.15) is 28.4 Å². The van der Waals surface area contributed by atoms with Crippen molar-refractivity contribution in [2.75, 3.05) is 11.5 Å². The van der Waals surface area contributed by atoms with E-state index in [0.717, 1.165) is 15.6 Å². The first kappa shape index (κ1) is 15.2. The molecule has 1 aromatic heterocycles. The maximum Gasteiger partial charge on any atom is 0.315 e. The molecule has 2 N–H and O–H groups in total. The van der Waals surface area contributed by atoms with Crippen LogP contribution in [0, 0.1) is 13.8 Å². The number of nitrogens with one attached hydrogen (secondary N) is 2. The van der Waals surface area contributed by atoms with Crippen molar-refractivity contribution in [3.63, 3.8) is 0 Å². The van der Waals surface area contributed by atoms with Gasteiger partial charge in [-0.2, -0.15) is 0 Å². The van der Waals surface area contributed by atoms with Gasteiger partial charge in [-0.25, -0.2) is 18.2 Å². The van der Waals surface area contributed by atoms with E-state index >= 15 is 0 Å². The summed E-state index contributed by atoms with van der Waals surface area (Å²) >= 11 is 1.55. The lowest BCUT2D eigenvalue weighted by Gasteiger charge is -2.22. The highest BCUT2D eigenvalue weighted by atomic mass is 32.2. The number of hydrogen-bond acceptors (Lipinski definition) is 5. The summed E-state index contributed by atoms with van der Waals surface area (Å²) in [6.45, 7) is 4.29. The Kier molecular flexibility index (Phi) is 4.64. The largest absolute Gasteiger partial charge is 0.334 e. The van der Waals surface area contributed by atoms with Crippen LogP contribution < -0.4 is 10.6 Å². The number of sulfone groups is 1. The quantitative estimate of drug-likeness (QED) is 0.875. The second-order valence-electron chi connectivity index (χ2n) is 5.03. The Hall–Kier alpha value is -1.15. The average Bonchev–Trinajstić information content (AvgIpc) is 2.65. The van der Waals surface area contributed by atoms with Gasteiger partial charge in [-0.05, 0) is 26.7 Å². The maximum atomic E-state index is 11.7. The van der Waals surface area contributed by atoms with Gasteiger partial charge >= 0.3 is 6.03 Å². The van der Waals surface area contributed by atoms with Gasteiger partial charge in [-0.15, -0.1) is 11.3 Å². The molecule has 2 heterocycles. The number of carbonyl (C=O) groups excluding carboxylic acids is 1. The lowest BCUT2D eigenvalue weighted by atomic mass is 10.2. The lowest BCUT2D eigenvalue weighted by molar-refractivity contribution is 0.236. The van der Waals surface area contributed by atoms with Crippen molar-refractivity contribution in [2.45, 2.75) is 39.3 Å². The minimum atomic E-state index is -3.00. The minimum Gasteiger partial charge on any atom is -0.334 e. The van der Waals surface area contributed by atoms with Gasteiger partial charge in [0.05, 0.1) is 23.7 Å². The topological polar surface area (TPSA) is 88.2 Å². The summed E-state index contributed by atoms with van der Waals surface area (Å²) < 4.78 is 23.0. The number of aromatic nitrogens is 1. The molecule has 20 heavy (non-hydrogen) atoms. The molecule has 1 atom stereocenters. The van der Waals surface area contributed by atoms with Crippen molar-refractivity contribution in [2.24, 2.45) is 0 Å². The highest BCUT2D eigenvalue weighted by Gasteiger charge is 2.25. The number of rotatable bonds is 3. The van der Waals surface area contributed by atoms with Crippen LogP contribution in [0.2, 0.25) is 0 Å². The molecule has 6 nitrogen and oxygen atoms in total. The number of aryl methyl sites for hydroxylation is 2. The second kappa shape index (κ2) is 6.09. The summed E-state index contributed by atoms with van der Waals surface area (Å²) in [4.78, 5) is 17.2. The molecule has 0 radical (unpaired) electrons. The molecular formula is C12H19N3O3S2. The molecule has 0 aromatic carbocycles. The summed E-state index contributed by atoms with van der Waals surface area (Å²) in [5, 5.41) is 6.28. The predicted octanol–water partition coefficient (Wildman–Crippen LogP) is 1.14. The van der Waals surface area contributed by atoms with Crippen LogP contribution in [0.25, 0.3) is 0 Å². The molecule has 1 fully saturated rings. The zero-order chi connectivity index (χ0) is 14.8. The average molecular weight is 317 g/mol. The summed E-state index contributed by atoms with van der Waals surface area (Å²) in [6, 6.07) is -0.619. The van der Waals surface area contributed by atoms with Gasteiger partial charge in [-0.3, -0.25) is 0 Å². The molecular weight excluding hydrogens is 298 g/mol. The zero-order valence-corrected chi connectivity index (χ0v) is 13.2. The first-order chi connectivity index (χ1) is 9.35. The van der Waals surface area contributed by atoms with E-state index in [1.165, 1.54) is 0 Å². The smallest absolute Gasteiger partial charge is 0.315 e. The summed E-state index contributed by atoms with van der Waals surface area (Å²) in [6.07, 6.45) is 1.32. The Morgan fingerprint density at radius 1 is 1.45 bits per heavy atom. The van der Waals surface area contributed by atoms with Gasteiger partial charge in [-0.1, -0.05) is 0 Å². The minimum absolute atomic E-state index is 0.0376. The molecule has 1 aromatic rings. The number of thiazole rings is 1. The Bertz CT molecular complexity index is 576. The predicted molar refractivity (Wildman–Crippen MR) is 78.6 cm³/mol. The second-order valence-corrected chi connectivity index (χ2v) is 8.55. The van der Waals surface area contributed by atoms with Crippen molar-refractivity contribution < 1.29 is 13.2 Å². The fraction of sp³-hybridized carbons (Fsp3) is 0.667. The zero-order valence-electron chi connectivity index (χ0n) is 11.6. The van der Waals surface area contributed by atoms with E-state index in [4.69, 9.17) is 0 Å². The first-order valence-electron chi connectivity index (χ1n) is 6.53. The Labute approximate surface area is 122 Å². The third-order valence-electron chi connectivity index (χ3n) is 3.27. The maximum absolute atomic E-state index is 11.7. The molecule has 1 aliphatic heterocycles. The molecule has 0 aliphatic carbocycles. The van der Waals surface area contributed by atoms with Crippen LogP contribution in [0.15, 0.2) is 0 Å². The van der Waals surface area contributed by atoms with Crippen molar-refractivity contribution in [1.29, 1.82) is 0 Å². The SMILES string of the molecule is Cc1nc(CNC(=O)N[C@H]2CCCS(=O)(=O)C2)sc1C. The van der Waals surface area contributed by atoms with Crippen molar-refractivity contribution in [1.82, 2.24) is 15.6 Å². The number of urea groups is 1. The Balaban J connectivity index is 1.81. The van der Waals surface area contributed by atoms with Crippen LogP contribution >= 0.6 is 11.3 Å². The molecule has 1 saturated heterocycles. The van der Waals surface area contributed by atoms with Gasteiger partial charge < -0.3 is 10.6 Å². The van der Waals surface area contributed by atoms with E-state index in [-0.39, 0.29) is 23.6 Å². The van der Waals surface area contributed by atoms with Crippen LogP contribution in [-0.4, -0.2) is 37.0 Å². The number of nitrogens with zero attached hydrogens (tertiary/aromatic N) is 1. The monoisotopic (exact) mass is 317 g/mol. The van der Waals surface area contributed by atoms with Crippen LogP contribution in [0.4, 0.5) is 4.79 Å². The van der Waals surface area contributed by atoms with E-state index < -0.39 is 9.84 Å². The van der Waals surface area contributed by atoms with Crippen LogP contribution in [-0.2, 0) is 16.4 Å². The molecule has 0 unspecified atom stereocenters. The van der Waals surface area contributed by atoms with Crippen LogP contribution in [0.5, 0.6) is 0 Å². The van der Waals surface area contributed by atoms with Gasteiger partial charge in [0.25, 0.3) is 0 Å². The summed E-state index contributed by atoms with van der Waals surface area (Å²) in [5.41, 5.74) is 0.977. The first-order valence-corrected chi connectivity index (χ1v) is 9.17. The third kappa shape index (κ3) is 4.17. The van der Waals surface area contributed by atoms with E-state index in [1.54, 1.807) is 11.3 Å². The molecule has 0 spiro atoms. The Morgan fingerprint density at radius 3 is 2.80 bits per heavy atom. The molecule has 0 bridgehead atoms. The van der Waals surface area contributed by atoms with E-state index in [9.17, 15) is 13.2 Å². The van der Waals surface area contributed by atoms with E-state index in [2.05, 4.69) is 15.6 Å². The lowest BCUT2D eigenvalue weighted by Crippen LogP contribution is -2.47. The van der Waals surface area contributed by atoms with Gasteiger partial charge in [0.1, 0.15) is 5.01 Å². The van der Waals surface area contributed by atoms with Crippen LogP contribution in [0.3, 0.4) is 0 Å². The molecule has 1 aliphatic rings. The molecule has 2 rings (SSSR count). The highest BCUT2D eigenvalue weighted by molar-refractivity contribution is 7.91.